The van der Waals surface area contributed by atoms with Crippen LogP contribution in [0.5, 0.6) is 0 Å². The van der Waals surface area contributed by atoms with Crippen LogP contribution in [-0.2, 0) is 6.42 Å². The van der Waals surface area contributed by atoms with E-state index < -0.39 is 0 Å². The first-order chi connectivity index (χ1) is 9.59. The van der Waals surface area contributed by atoms with Crippen molar-refractivity contribution in [2.45, 2.75) is 58.9 Å². The van der Waals surface area contributed by atoms with Crippen molar-refractivity contribution in [1.82, 2.24) is 5.32 Å². The Hall–Kier alpha value is -0.820. The minimum Gasteiger partial charge on any atom is -0.314 e. The maximum absolute atomic E-state index is 3.75. The van der Waals surface area contributed by atoms with Crippen LogP contribution in [-0.4, -0.2) is 12.6 Å². The van der Waals surface area contributed by atoms with E-state index in [4.69, 9.17) is 0 Å². The van der Waals surface area contributed by atoms with Gasteiger partial charge in [0.2, 0.25) is 0 Å². The van der Waals surface area contributed by atoms with Crippen LogP contribution in [0.15, 0.2) is 24.3 Å². The van der Waals surface area contributed by atoms with Gasteiger partial charge in [0, 0.05) is 12.6 Å². The fraction of sp³-hybridized carbons (Fsp3) is 0.684. The first-order valence-electron chi connectivity index (χ1n) is 8.37. The Labute approximate surface area is 124 Å². The zero-order valence-electron chi connectivity index (χ0n) is 13.3. The molecule has 0 spiro atoms. The lowest BCUT2D eigenvalue weighted by Crippen LogP contribution is -2.42. The highest BCUT2D eigenvalue weighted by molar-refractivity contribution is 5.27. The maximum atomic E-state index is 3.75. The van der Waals surface area contributed by atoms with Crippen molar-refractivity contribution >= 4 is 0 Å². The maximum Gasteiger partial charge on any atom is 0.00161 e. The zero-order valence-corrected chi connectivity index (χ0v) is 13.3. The second-order valence-electron chi connectivity index (χ2n) is 7.58. The highest BCUT2D eigenvalue weighted by Crippen LogP contribution is 2.57. The molecule has 0 heterocycles. The van der Waals surface area contributed by atoms with Gasteiger partial charge >= 0.3 is 0 Å². The Morgan fingerprint density at radius 3 is 2.65 bits per heavy atom. The van der Waals surface area contributed by atoms with E-state index in [1.807, 2.05) is 0 Å². The van der Waals surface area contributed by atoms with Crippen LogP contribution in [0.4, 0.5) is 0 Å². The number of aryl methyl sites for hydroxylation is 1. The largest absolute Gasteiger partial charge is 0.314 e. The smallest absolute Gasteiger partial charge is 0.00161 e. The standard InChI is InChI=1S/C19H29N/c1-14(2)20-13-19(11-16-8-9-18(19)10-16)12-17-7-5-4-6-15(17)3/h4-7,14,16,18,20H,8-13H2,1-3H3. The minimum atomic E-state index is 0.527. The summed E-state index contributed by atoms with van der Waals surface area (Å²) >= 11 is 0. The van der Waals surface area contributed by atoms with Crippen LogP contribution >= 0.6 is 0 Å². The Morgan fingerprint density at radius 2 is 2.05 bits per heavy atom. The molecule has 1 nitrogen and oxygen atoms in total. The number of hydrogen-bond acceptors (Lipinski definition) is 1. The van der Waals surface area contributed by atoms with E-state index in [0.717, 1.165) is 11.8 Å². The monoisotopic (exact) mass is 271 g/mol. The molecule has 1 heteroatoms. The normalized spacial score (nSPS) is 32.2. The molecule has 110 valence electrons. The Balaban J connectivity index is 1.81. The molecule has 0 radical (unpaired) electrons. The van der Waals surface area contributed by atoms with Crippen LogP contribution in [0.1, 0.15) is 50.7 Å². The summed E-state index contributed by atoms with van der Waals surface area (Å²) in [7, 11) is 0. The first-order valence-corrected chi connectivity index (χ1v) is 8.37. The second-order valence-corrected chi connectivity index (χ2v) is 7.58. The van der Waals surface area contributed by atoms with Gasteiger partial charge < -0.3 is 5.32 Å². The molecule has 2 saturated carbocycles. The number of fused-ring (bicyclic) bond motifs is 2. The molecule has 1 aromatic rings. The van der Waals surface area contributed by atoms with Gasteiger partial charge in [0.1, 0.15) is 0 Å². The van der Waals surface area contributed by atoms with Gasteiger partial charge in [0.25, 0.3) is 0 Å². The number of rotatable bonds is 5. The van der Waals surface area contributed by atoms with Crippen LogP contribution in [0.2, 0.25) is 0 Å². The van der Waals surface area contributed by atoms with Crippen LogP contribution in [0.3, 0.4) is 0 Å². The third-order valence-corrected chi connectivity index (χ3v) is 5.77. The van der Waals surface area contributed by atoms with E-state index >= 15 is 0 Å². The molecule has 1 N–H and O–H groups in total. The van der Waals surface area contributed by atoms with Gasteiger partial charge in [-0.3, -0.25) is 0 Å². The molecule has 2 aliphatic rings. The van der Waals surface area contributed by atoms with Gasteiger partial charge in [-0.1, -0.05) is 44.5 Å². The van der Waals surface area contributed by atoms with Crippen LogP contribution in [0.25, 0.3) is 0 Å². The molecule has 2 bridgehead atoms. The Morgan fingerprint density at radius 1 is 1.25 bits per heavy atom. The quantitative estimate of drug-likeness (QED) is 0.840. The van der Waals surface area contributed by atoms with Gasteiger partial charge in [0.05, 0.1) is 0 Å². The molecule has 3 rings (SSSR count). The fourth-order valence-electron chi connectivity index (χ4n) is 4.65. The summed E-state index contributed by atoms with van der Waals surface area (Å²) < 4.78 is 0. The molecular formula is C19H29N. The van der Waals surface area contributed by atoms with Gasteiger partial charge in [-0.15, -0.1) is 0 Å². The summed E-state index contributed by atoms with van der Waals surface area (Å²) in [6.45, 7) is 8.02. The molecule has 0 amide bonds. The molecule has 0 aliphatic heterocycles. The number of benzene rings is 1. The predicted molar refractivity (Wildman–Crippen MR) is 85.9 cm³/mol. The predicted octanol–water partition coefficient (Wildman–Crippen LogP) is 4.34. The molecule has 2 fully saturated rings. The van der Waals surface area contributed by atoms with E-state index in [0.29, 0.717) is 11.5 Å². The third kappa shape index (κ3) is 2.65. The molecule has 1 aromatic carbocycles. The van der Waals surface area contributed by atoms with Crippen molar-refractivity contribution in [2.24, 2.45) is 17.3 Å². The van der Waals surface area contributed by atoms with E-state index in [1.165, 1.54) is 44.2 Å². The van der Waals surface area contributed by atoms with E-state index in [-0.39, 0.29) is 0 Å². The Bertz CT molecular complexity index is 465. The summed E-state index contributed by atoms with van der Waals surface area (Å²) in [6, 6.07) is 9.59. The summed E-state index contributed by atoms with van der Waals surface area (Å²) in [4.78, 5) is 0. The van der Waals surface area contributed by atoms with Crippen molar-refractivity contribution in [1.29, 1.82) is 0 Å². The number of hydrogen-bond donors (Lipinski definition) is 1. The van der Waals surface area contributed by atoms with Crippen molar-refractivity contribution in [3.8, 4) is 0 Å². The molecule has 0 saturated heterocycles. The highest BCUT2D eigenvalue weighted by atomic mass is 14.9. The Kier molecular flexibility index (Phi) is 3.90. The van der Waals surface area contributed by atoms with Crippen LogP contribution in [0, 0.1) is 24.2 Å². The average Bonchev–Trinajstić information content (AvgIpc) is 3.00. The lowest BCUT2D eigenvalue weighted by atomic mass is 9.68. The minimum absolute atomic E-state index is 0.527. The lowest BCUT2D eigenvalue weighted by molar-refractivity contribution is 0.152. The van der Waals surface area contributed by atoms with Gasteiger partial charge in [0.15, 0.2) is 0 Å². The van der Waals surface area contributed by atoms with Crippen molar-refractivity contribution in [3.63, 3.8) is 0 Å². The van der Waals surface area contributed by atoms with E-state index in [1.54, 1.807) is 5.56 Å². The van der Waals surface area contributed by atoms with E-state index in [2.05, 4.69) is 50.4 Å². The van der Waals surface area contributed by atoms with Crippen molar-refractivity contribution < 1.29 is 0 Å². The topological polar surface area (TPSA) is 12.0 Å². The molecular weight excluding hydrogens is 242 g/mol. The van der Waals surface area contributed by atoms with Crippen molar-refractivity contribution in [3.05, 3.63) is 35.4 Å². The lowest BCUT2D eigenvalue weighted by Gasteiger charge is -2.39. The van der Waals surface area contributed by atoms with E-state index in [9.17, 15) is 0 Å². The summed E-state index contributed by atoms with van der Waals surface area (Å²) in [6.07, 6.45) is 7.18. The zero-order chi connectivity index (χ0) is 14.2. The second kappa shape index (κ2) is 5.52. The summed E-state index contributed by atoms with van der Waals surface area (Å²) in [5.74, 6) is 1.97. The van der Waals surface area contributed by atoms with Gasteiger partial charge in [-0.05, 0) is 61.0 Å². The van der Waals surface area contributed by atoms with Gasteiger partial charge in [-0.25, -0.2) is 0 Å². The molecule has 0 aromatic heterocycles. The summed E-state index contributed by atoms with van der Waals surface area (Å²) in [5.41, 5.74) is 3.57. The first kappa shape index (κ1) is 14.1. The highest BCUT2D eigenvalue weighted by Gasteiger charge is 2.50. The molecule has 20 heavy (non-hydrogen) atoms. The molecule has 2 aliphatic carbocycles. The SMILES string of the molecule is Cc1ccccc1CC1(CNC(C)C)CC2CCC1C2. The van der Waals surface area contributed by atoms with Crippen LogP contribution < -0.4 is 5.32 Å². The third-order valence-electron chi connectivity index (χ3n) is 5.77. The number of nitrogens with one attached hydrogen (secondary N) is 1. The van der Waals surface area contributed by atoms with Gasteiger partial charge in [-0.2, -0.15) is 0 Å². The fourth-order valence-corrected chi connectivity index (χ4v) is 4.65. The molecule has 3 atom stereocenters. The average molecular weight is 271 g/mol. The molecule has 3 unspecified atom stereocenters. The van der Waals surface area contributed by atoms with Crippen molar-refractivity contribution in [2.75, 3.05) is 6.54 Å². The summed E-state index contributed by atoms with van der Waals surface area (Å²) in [5, 5.41) is 3.75.